The van der Waals surface area contributed by atoms with E-state index in [0.29, 0.717) is 17.7 Å². The van der Waals surface area contributed by atoms with Crippen LogP contribution in [0.4, 0.5) is 30.7 Å². The van der Waals surface area contributed by atoms with E-state index in [1.54, 1.807) is 6.92 Å². The van der Waals surface area contributed by atoms with Gasteiger partial charge >= 0.3 is 12.8 Å². The molecule has 0 spiro atoms. The van der Waals surface area contributed by atoms with E-state index >= 15 is 4.39 Å². The van der Waals surface area contributed by atoms with Crippen molar-refractivity contribution in [2.24, 2.45) is 5.73 Å². The summed E-state index contributed by atoms with van der Waals surface area (Å²) in [6.07, 6.45) is -4.24. The van der Waals surface area contributed by atoms with Gasteiger partial charge in [-0.25, -0.2) is 13.8 Å². The number of ether oxygens (including phenoxy) is 2. The van der Waals surface area contributed by atoms with Gasteiger partial charge < -0.3 is 25.6 Å². The number of primary amides is 1. The molecule has 47 heavy (non-hydrogen) atoms. The number of hydrogen-bond acceptors (Lipinski definition) is 7. The molecule has 9 nitrogen and oxygen atoms in total. The van der Waals surface area contributed by atoms with Crippen LogP contribution in [0.3, 0.4) is 0 Å². The number of carbonyl (C=O) groups is 2. The average molecular weight is 687 g/mol. The fourth-order valence-corrected chi connectivity index (χ4v) is 5.15. The van der Waals surface area contributed by atoms with E-state index in [9.17, 15) is 41.0 Å². The highest BCUT2D eigenvalue weighted by atomic mass is 35.5. The van der Waals surface area contributed by atoms with Crippen molar-refractivity contribution < 1.29 is 54.9 Å². The highest BCUT2D eigenvalue weighted by molar-refractivity contribution is 6.31. The Bertz CT molecular complexity index is 1940. The number of alkyl halides is 5. The molecule has 0 saturated carbocycles. The van der Waals surface area contributed by atoms with Crippen LogP contribution in [0.5, 0.6) is 11.5 Å². The number of nitrogens with one attached hydrogen (secondary N) is 1. The van der Waals surface area contributed by atoms with Crippen molar-refractivity contribution in [3.8, 4) is 22.8 Å². The molecule has 2 amide bonds. The minimum Gasteiger partial charge on any atom is -0.489 e. The molecule has 17 heteroatoms. The Morgan fingerprint density at radius 1 is 1.19 bits per heavy atom. The fraction of sp³-hybridized carbons (Fsp3) is 0.267. The van der Waals surface area contributed by atoms with Gasteiger partial charge in [-0.05, 0) is 55.8 Å². The first kappa shape index (κ1) is 33.7. The van der Waals surface area contributed by atoms with Gasteiger partial charge in [0, 0.05) is 28.3 Å². The topological polar surface area (TPSA) is 137 Å². The third-order valence-corrected chi connectivity index (χ3v) is 8.01. The standard InChI is InChI=1S/C30H22ClF7N4O5/c1-12-5-13-6-14(7-18(47-27(34)35)22(13)40-9-12)25(43)41-10-29(45,30(36,37)38)19-8-16-24(46-11-28(16,2)26(39)44)23(42-19)15-3-4-17(32)20(31)21(15)33/h3-9,27,45H,10-11H2,1-2H3,(H2,39,44)(H,41,43)/t28-,29?/m0/s1. The predicted octanol–water partition coefficient (Wildman–Crippen LogP) is 5.45. The Labute approximate surface area is 265 Å². The van der Waals surface area contributed by atoms with E-state index in [1.165, 1.54) is 19.2 Å². The monoisotopic (exact) mass is 686 g/mol. The third kappa shape index (κ3) is 5.86. The van der Waals surface area contributed by atoms with Crippen molar-refractivity contribution in [3.05, 3.63) is 81.6 Å². The van der Waals surface area contributed by atoms with E-state index in [2.05, 4.69) is 14.7 Å². The van der Waals surface area contributed by atoms with Crippen molar-refractivity contribution in [1.29, 1.82) is 0 Å². The number of hydrogen-bond donors (Lipinski definition) is 3. The number of nitrogens with two attached hydrogens (primary N) is 1. The lowest BCUT2D eigenvalue weighted by atomic mass is 9.81. The van der Waals surface area contributed by atoms with Gasteiger partial charge in [0.25, 0.3) is 5.91 Å². The van der Waals surface area contributed by atoms with Crippen molar-refractivity contribution in [1.82, 2.24) is 15.3 Å². The minimum atomic E-state index is -5.59. The van der Waals surface area contributed by atoms with Crippen LogP contribution in [-0.4, -0.2) is 52.8 Å². The summed E-state index contributed by atoms with van der Waals surface area (Å²) in [7, 11) is 0. The summed E-state index contributed by atoms with van der Waals surface area (Å²) in [5.74, 6) is -5.84. The van der Waals surface area contributed by atoms with Crippen LogP contribution in [0.2, 0.25) is 5.02 Å². The number of fused-ring (bicyclic) bond motifs is 2. The minimum absolute atomic E-state index is 0.0537. The lowest BCUT2D eigenvalue weighted by Crippen LogP contribution is -2.51. The Morgan fingerprint density at radius 3 is 2.53 bits per heavy atom. The number of amides is 2. The van der Waals surface area contributed by atoms with Crippen LogP contribution in [0.1, 0.15) is 34.1 Å². The highest BCUT2D eigenvalue weighted by Crippen LogP contribution is 2.48. The number of aromatic nitrogens is 2. The first-order valence-electron chi connectivity index (χ1n) is 13.4. The van der Waals surface area contributed by atoms with E-state index in [0.717, 1.165) is 18.2 Å². The molecule has 1 unspecified atom stereocenters. The normalized spacial score (nSPS) is 17.3. The summed E-state index contributed by atoms with van der Waals surface area (Å²) in [6, 6.07) is 5.68. The molecule has 0 saturated heterocycles. The van der Waals surface area contributed by atoms with Gasteiger partial charge in [-0.1, -0.05) is 11.6 Å². The summed E-state index contributed by atoms with van der Waals surface area (Å²) < 4.78 is 109. The van der Waals surface area contributed by atoms with Gasteiger partial charge in [-0.15, -0.1) is 0 Å². The Morgan fingerprint density at radius 2 is 1.89 bits per heavy atom. The number of halogens is 8. The van der Waals surface area contributed by atoms with Crippen molar-refractivity contribution >= 4 is 34.3 Å². The SMILES string of the molecule is Cc1cnc2c(OC(F)F)cc(C(=O)NCC(O)(c3cc4c(c(-c5ccc(F)c(Cl)c5F)n3)OC[C@]4(C)C(N)=O)C(F)(F)F)cc2c1. The molecule has 0 aliphatic carbocycles. The Kier molecular flexibility index (Phi) is 8.47. The molecule has 1 aliphatic heterocycles. The lowest BCUT2D eigenvalue weighted by Gasteiger charge is -2.31. The maximum atomic E-state index is 15.2. The zero-order valence-corrected chi connectivity index (χ0v) is 24.9. The zero-order chi connectivity index (χ0) is 34.6. The molecule has 0 bridgehead atoms. The molecule has 2 aromatic carbocycles. The number of rotatable bonds is 8. The van der Waals surface area contributed by atoms with Crippen molar-refractivity contribution in [2.75, 3.05) is 13.2 Å². The van der Waals surface area contributed by atoms with E-state index < -0.39 is 93.7 Å². The number of aryl methyl sites for hydroxylation is 1. The molecule has 0 radical (unpaired) electrons. The van der Waals surface area contributed by atoms with E-state index in [-0.39, 0.29) is 22.2 Å². The summed E-state index contributed by atoms with van der Waals surface area (Å²) in [4.78, 5) is 33.4. The van der Waals surface area contributed by atoms with Crippen LogP contribution >= 0.6 is 11.6 Å². The Hall–Kier alpha value is -4.70. The maximum absolute atomic E-state index is 15.2. The first-order chi connectivity index (χ1) is 21.9. The summed E-state index contributed by atoms with van der Waals surface area (Å²) in [6.45, 7) is -2.60. The highest BCUT2D eigenvalue weighted by Gasteiger charge is 2.58. The molecule has 1 aliphatic rings. The summed E-state index contributed by atoms with van der Waals surface area (Å²) in [5, 5.41) is 12.3. The van der Waals surface area contributed by atoms with Crippen LogP contribution in [-0.2, 0) is 15.8 Å². The maximum Gasteiger partial charge on any atom is 0.424 e. The Balaban J connectivity index is 1.62. The average Bonchev–Trinajstić information content (AvgIpc) is 3.34. The molecule has 4 N–H and O–H groups in total. The second-order valence-corrected chi connectivity index (χ2v) is 11.3. The number of pyridine rings is 2. The van der Waals surface area contributed by atoms with Crippen molar-refractivity contribution in [2.45, 2.75) is 37.7 Å². The molecule has 3 heterocycles. The molecule has 5 rings (SSSR count). The predicted molar refractivity (Wildman–Crippen MR) is 152 cm³/mol. The molecule has 2 aromatic heterocycles. The second kappa shape index (κ2) is 11.8. The van der Waals surface area contributed by atoms with E-state index in [4.69, 9.17) is 22.1 Å². The largest absolute Gasteiger partial charge is 0.489 e. The number of benzene rings is 2. The van der Waals surface area contributed by atoms with Crippen LogP contribution < -0.4 is 20.5 Å². The van der Waals surface area contributed by atoms with Gasteiger partial charge in [0.1, 0.15) is 39.8 Å². The molecule has 2 atom stereocenters. The number of nitrogens with zero attached hydrogens (tertiary/aromatic N) is 2. The molecule has 0 fully saturated rings. The quantitative estimate of drug-likeness (QED) is 0.166. The number of aliphatic hydroxyl groups is 1. The fourth-order valence-electron chi connectivity index (χ4n) is 4.98. The summed E-state index contributed by atoms with van der Waals surface area (Å²) >= 11 is 5.70. The van der Waals surface area contributed by atoms with Gasteiger partial charge in [0.15, 0.2) is 11.6 Å². The van der Waals surface area contributed by atoms with Gasteiger partial charge in [0.2, 0.25) is 11.5 Å². The van der Waals surface area contributed by atoms with E-state index in [1.807, 2.05) is 5.32 Å². The molecule has 4 aromatic rings. The zero-order valence-electron chi connectivity index (χ0n) is 24.1. The molecular weight excluding hydrogens is 665 g/mol. The van der Waals surface area contributed by atoms with Crippen molar-refractivity contribution in [3.63, 3.8) is 0 Å². The number of carbonyl (C=O) groups excluding carboxylic acids is 2. The van der Waals surface area contributed by atoms with Gasteiger partial charge in [-0.2, -0.15) is 22.0 Å². The van der Waals surface area contributed by atoms with Gasteiger partial charge in [0.05, 0.1) is 12.2 Å². The third-order valence-electron chi connectivity index (χ3n) is 7.67. The molecular formula is C30H22ClF7N4O5. The van der Waals surface area contributed by atoms with Gasteiger partial charge in [-0.3, -0.25) is 14.6 Å². The second-order valence-electron chi connectivity index (χ2n) is 10.9. The van der Waals surface area contributed by atoms with Crippen LogP contribution in [0.25, 0.3) is 22.2 Å². The van der Waals surface area contributed by atoms with Crippen LogP contribution in [0, 0.1) is 18.6 Å². The smallest absolute Gasteiger partial charge is 0.424 e. The lowest BCUT2D eigenvalue weighted by molar-refractivity contribution is -0.265. The molecule has 248 valence electrons. The summed E-state index contributed by atoms with van der Waals surface area (Å²) in [5.41, 5.74) is -3.07. The van der Waals surface area contributed by atoms with Crippen LogP contribution in [0.15, 0.2) is 42.6 Å². The first-order valence-corrected chi connectivity index (χ1v) is 13.8.